The largest absolute Gasteiger partial charge is 0.507 e. The number of fused-ring (bicyclic) bond motifs is 1. The van der Waals surface area contributed by atoms with Gasteiger partial charge in [-0.2, -0.15) is 0 Å². The van der Waals surface area contributed by atoms with Crippen LogP contribution in [-0.4, -0.2) is 111 Å². The third kappa shape index (κ3) is 6.85. The molecule has 0 bridgehead atoms. The number of carbonyl (C=O) groups is 4. The Hall–Kier alpha value is -4.00. The second-order valence-electron chi connectivity index (χ2n) is 15.1. The van der Waals surface area contributed by atoms with Crippen LogP contribution in [0.4, 0.5) is 15.3 Å². The molecule has 3 saturated heterocycles. The normalized spacial score (nSPS) is 27.3. The summed E-state index contributed by atoms with van der Waals surface area (Å²) in [6.45, 7) is 7.14. The van der Waals surface area contributed by atoms with Gasteiger partial charge in [-0.1, -0.05) is 18.2 Å². The van der Waals surface area contributed by atoms with Crippen LogP contribution in [0, 0.1) is 25.7 Å². The Morgan fingerprint density at radius 1 is 1.00 bits per heavy atom. The fourth-order valence-corrected chi connectivity index (χ4v) is 9.72. The Bertz CT molecular complexity index is 1580. The molecule has 2 aromatic rings. The number of likely N-dealkylation sites (tertiary alicyclic amines) is 3. The van der Waals surface area contributed by atoms with Gasteiger partial charge in [0.15, 0.2) is 5.66 Å². The van der Waals surface area contributed by atoms with Crippen LogP contribution in [0.1, 0.15) is 67.2 Å². The average Bonchev–Trinajstić information content (AvgIpc) is 3.26. The van der Waals surface area contributed by atoms with Crippen molar-refractivity contribution in [3.8, 4) is 5.75 Å². The molecule has 2 unspecified atom stereocenters. The van der Waals surface area contributed by atoms with Crippen molar-refractivity contribution >= 4 is 30.1 Å². The first-order valence-corrected chi connectivity index (χ1v) is 18.1. The number of para-hydroxylation sites is 1. The van der Waals surface area contributed by atoms with Crippen molar-refractivity contribution in [2.45, 2.75) is 83.5 Å². The van der Waals surface area contributed by atoms with Crippen LogP contribution in [0.5, 0.6) is 5.75 Å². The molecule has 2 aromatic carbocycles. The zero-order chi connectivity index (χ0) is 35.6. The summed E-state index contributed by atoms with van der Waals surface area (Å²) in [6, 6.07) is 10.9. The van der Waals surface area contributed by atoms with E-state index in [2.05, 4.69) is 10.2 Å². The van der Waals surface area contributed by atoms with E-state index in [1.54, 1.807) is 13.8 Å². The van der Waals surface area contributed by atoms with E-state index >= 15 is 0 Å². The lowest BCUT2D eigenvalue weighted by Gasteiger charge is -2.62. The van der Waals surface area contributed by atoms with Crippen molar-refractivity contribution in [2.75, 3.05) is 51.1 Å². The highest BCUT2D eigenvalue weighted by molar-refractivity contribution is 5.91. The molecular weight excluding hydrogens is 638 g/mol. The summed E-state index contributed by atoms with van der Waals surface area (Å²) in [6.07, 6.45) is 4.53. The molecule has 3 N–H and O–H groups in total. The first kappa shape index (κ1) is 35.8. The summed E-state index contributed by atoms with van der Waals surface area (Å²) in [4.78, 5) is 57.6. The summed E-state index contributed by atoms with van der Waals surface area (Å²) in [5.74, 6) is 0.259. The highest BCUT2D eigenvalue weighted by Crippen LogP contribution is 2.47. The minimum atomic E-state index is -1.24. The number of aromatic hydroxyl groups is 1. The van der Waals surface area contributed by atoms with Crippen LogP contribution in [0.25, 0.3) is 0 Å². The molecule has 12 heteroatoms. The number of carboxylic acids is 1. The Morgan fingerprint density at radius 2 is 1.64 bits per heavy atom. The second kappa shape index (κ2) is 14.7. The van der Waals surface area contributed by atoms with Gasteiger partial charge < -0.3 is 35.1 Å². The predicted octanol–water partition coefficient (Wildman–Crippen LogP) is 3.72. The number of phenols is 1. The van der Waals surface area contributed by atoms with Gasteiger partial charge in [0.1, 0.15) is 18.6 Å². The monoisotopic (exact) mass is 689 g/mol. The maximum absolute atomic E-state index is 13.8. The van der Waals surface area contributed by atoms with Crippen molar-refractivity contribution in [3.63, 3.8) is 0 Å². The van der Waals surface area contributed by atoms with Crippen LogP contribution in [0.2, 0.25) is 0 Å². The molecule has 3 amide bonds. The van der Waals surface area contributed by atoms with E-state index in [0.29, 0.717) is 61.9 Å². The molecule has 0 aromatic heterocycles. The van der Waals surface area contributed by atoms with Crippen LogP contribution in [0.3, 0.4) is 0 Å². The molecule has 12 nitrogen and oxygen atoms in total. The van der Waals surface area contributed by atoms with Crippen molar-refractivity contribution < 1.29 is 39.0 Å². The summed E-state index contributed by atoms with van der Waals surface area (Å²) < 4.78 is -0.459. The summed E-state index contributed by atoms with van der Waals surface area (Å²) in [5, 5.41) is 36.6. The first-order valence-electron chi connectivity index (χ1n) is 18.1. The molecule has 0 aliphatic carbocycles. The van der Waals surface area contributed by atoms with E-state index < -0.39 is 22.2 Å². The maximum Gasteiger partial charge on any atom is 0.322 e. The molecule has 4 aliphatic heterocycles. The molecule has 50 heavy (non-hydrogen) atoms. The number of phenolic OH excluding ortho intramolecular Hbond substituents is 1. The number of rotatable bonds is 9. The van der Waals surface area contributed by atoms with Gasteiger partial charge >= 0.3 is 12.0 Å². The second-order valence-corrected chi connectivity index (χ2v) is 15.1. The number of amides is 3. The predicted molar refractivity (Wildman–Crippen MR) is 185 cm³/mol. The van der Waals surface area contributed by atoms with Crippen LogP contribution in [-0.2, 0) is 22.6 Å². The van der Waals surface area contributed by atoms with Crippen LogP contribution < -0.4 is 10.4 Å². The van der Waals surface area contributed by atoms with Gasteiger partial charge in [0.05, 0.1) is 19.5 Å². The Labute approximate surface area is 294 Å². The Balaban J connectivity index is 1.32. The number of piperidine rings is 3. The topological polar surface area (TPSA) is 154 Å². The van der Waals surface area contributed by atoms with E-state index in [1.165, 1.54) is 0 Å². The molecule has 0 saturated carbocycles. The number of carbonyl (C=O) groups excluding carboxylic acids is 3. The van der Waals surface area contributed by atoms with Crippen molar-refractivity contribution in [3.05, 3.63) is 58.7 Å². The van der Waals surface area contributed by atoms with Crippen molar-refractivity contribution in [1.82, 2.24) is 14.7 Å². The van der Waals surface area contributed by atoms with Crippen molar-refractivity contribution in [2.24, 2.45) is 11.8 Å². The van der Waals surface area contributed by atoms with Gasteiger partial charge in [0.2, 0.25) is 0 Å². The molecule has 0 radical (unpaired) electrons. The van der Waals surface area contributed by atoms with Crippen LogP contribution >= 0.6 is 0 Å². The van der Waals surface area contributed by atoms with Crippen molar-refractivity contribution in [1.29, 1.82) is 0 Å². The molecule has 4 heterocycles. The number of aryl methyl sites for hydroxylation is 2. The molecule has 4 aliphatic rings. The smallest absolute Gasteiger partial charge is 0.322 e. The number of carboxylic acid groups (broad SMARTS) is 2. The van der Waals surface area contributed by atoms with E-state index in [1.807, 2.05) is 46.2 Å². The number of nitrogens with zero attached hydrogens (tertiary/aromatic N) is 4. The van der Waals surface area contributed by atoms with Crippen LogP contribution in [0.15, 0.2) is 36.4 Å². The zero-order valence-electron chi connectivity index (χ0n) is 29.3. The zero-order valence-corrected chi connectivity index (χ0v) is 29.3. The lowest BCUT2D eigenvalue weighted by atomic mass is 9.76. The van der Waals surface area contributed by atoms with Gasteiger partial charge in [0, 0.05) is 49.8 Å². The molecule has 0 spiro atoms. The van der Waals surface area contributed by atoms with E-state index in [4.69, 9.17) is 0 Å². The van der Waals surface area contributed by atoms with Gasteiger partial charge in [0.25, 0.3) is 6.09 Å². The SMILES string of the molecule is Cc1cc(C[N@+]2(C(=O)[O-])CCC(N3CCc4ccccc4NC3=O)CC2(CC=O)N2CCC(C3CCN(CC(=O)O)CC3)CC2)cc(C)c1O. The minimum absolute atomic E-state index is 0.0263. The lowest BCUT2D eigenvalue weighted by molar-refractivity contribution is -0.956. The average molecular weight is 690 g/mol. The Kier molecular flexibility index (Phi) is 10.5. The summed E-state index contributed by atoms with van der Waals surface area (Å²) in [7, 11) is 0. The molecule has 3 atom stereocenters. The lowest BCUT2D eigenvalue weighted by Crippen LogP contribution is -2.80. The molecule has 270 valence electrons. The number of anilines is 1. The van der Waals surface area contributed by atoms with E-state index in [9.17, 15) is 34.5 Å². The fraction of sp³-hybridized carbons (Fsp3) is 0.579. The number of aliphatic carboxylic acids is 1. The maximum atomic E-state index is 13.8. The third-order valence-electron chi connectivity index (χ3n) is 12.3. The number of aldehydes is 1. The molecule has 6 rings (SSSR count). The number of nitrogens with one attached hydrogen (secondary N) is 1. The fourth-order valence-electron chi connectivity index (χ4n) is 9.72. The van der Waals surface area contributed by atoms with Gasteiger partial charge in [-0.15, -0.1) is 0 Å². The van der Waals surface area contributed by atoms with E-state index in [-0.39, 0.29) is 43.9 Å². The third-order valence-corrected chi connectivity index (χ3v) is 12.3. The number of hydrogen-bond acceptors (Lipinski definition) is 8. The Morgan fingerprint density at radius 3 is 2.26 bits per heavy atom. The highest BCUT2D eigenvalue weighted by Gasteiger charge is 2.61. The van der Waals surface area contributed by atoms with Gasteiger partial charge in [-0.3, -0.25) is 19.1 Å². The first-order chi connectivity index (χ1) is 24.0. The number of benzene rings is 2. The standard InChI is InChI=1S/C38H51N5O7/c1-26-21-28(22-27(2)35(26)47)25-43(37(49)50)19-12-32(42-18-11-31-5-3-4-6-33(31)39-36(42)48)23-38(43,13-20-44)41-16-9-30(10-17-41)29-7-14-40(15-8-29)24-34(45)46/h3-6,20-22,29-30,32H,7-19,23-25H2,1-2H3,(H3-,39,45,46,47,48,49,50)/t32?,38?,43-/m0/s1. The number of urea groups is 1. The summed E-state index contributed by atoms with van der Waals surface area (Å²) >= 11 is 0. The molecular formula is C38H51N5O7. The van der Waals surface area contributed by atoms with Gasteiger partial charge in [-0.25, -0.2) is 4.79 Å². The van der Waals surface area contributed by atoms with Gasteiger partial charge in [-0.05, 0) is 106 Å². The molecule has 3 fully saturated rings. The number of hydrogen-bond donors (Lipinski definition) is 3. The summed E-state index contributed by atoms with van der Waals surface area (Å²) in [5.41, 5.74) is 2.72. The quantitative estimate of drug-likeness (QED) is 0.264. The number of quaternary nitrogens is 1. The van der Waals surface area contributed by atoms with E-state index in [0.717, 1.165) is 61.9 Å². The minimum Gasteiger partial charge on any atom is -0.507 e. The highest BCUT2D eigenvalue weighted by atomic mass is 16.4.